The highest BCUT2D eigenvalue weighted by Gasteiger charge is 2.27. The lowest BCUT2D eigenvalue weighted by Gasteiger charge is -2.31. The van der Waals surface area contributed by atoms with Gasteiger partial charge in [-0.05, 0) is 43.0 Å². The second kappa shape index (κ2) is 7.22. The predicted octanol–water partition coefficient (Wildman–Crippen LogP) is 2.89. The summed E-state index contributed by atoms with van der Waals surface area (Å²) in [6.07, 6.45) is 6.32. The molecular formula is C18H22N4O. The van der Waals surface area contributed by atoms with Crippen LogP contribution in [0.3, 0.4) is 0 Å². The fourth-order valence-electron chi connectivity index (χ4n) is 2.94. The molecule has 1 aromatic carbocycles. The van der Waals surface area contributed by atoms with Crippen molar-refractivity contribution in [3.63, 3.8) is 0 Å². The molecule has 1 unspecified atom stereocenters. The Morgan fingerprint density at radius 3 is 2.91 bits per heavy atom. The number of aryl methyl sites for hydroxylation is 1. The monoisotopic (exact) mass is 310 g/mol. The molecule has 2 aromatic rings. The summed E-state index contributed by atoms with van der Waals surface area (Å²) in [5.74, 6) is 0.759. The standard InChI is InChI=1S/C18H22N4O/c1-2-14-6-3-8-16(12-14)21-17(23)15-7-4-11-22(13-15)18-19-9-5-10-20-18/h3,5-6,8-10,12,15H,2,4,7,11,13H2,1H3,(H,21,23). The Bertz CT molecular complexity index is 659. The maximum Gasteiger partial charge on any atom is 0.229 e. The molecule has 23 heavy (non-hydrogen) atoms. The third kappa shape index (κ3) is 3.86. The van der Waals surface area contributed by atoms with E-state index >= 15 is 0 Å². The first-order valence-corrected chi connectivity index (χ1v) is 8.18. The Hall–Kier alpha value is -2.43. The molecule has 0 bridgehead atoms. The van der Waals surface area contributed by atoms with Crippen LogP contribution in [-0.4, -0.2) is 29.0 Å². The molecule has 1 aliphatic rings. The molecule has 0 radical (unpaired) electrons. The van der Waals surface area contributed by atoms with Crippen molar-refractivity contribution in [3.8, 4) is 0 Å². The summed E-state index contributed by atoms with van der Waals surface area (Å²) in [6, 6.07) is 9.85. The van der Waals surface area contributed by atoms with E-state index in [0.717, 1.165) is 31.5 Å². The number of hydrogen-bond acceptors (Lipinski definition) is 4. The van der Waals surface area contributed by atoms with Gasteiger partial charge in [-0.25, -0.2) is 9.97 Å². The van der Waals surface area contributed by atoms with E-state index in [2.05, 4.69) is 33.2 Å². The van der Waals surface area contributed by atoms with E-state index in [9.17, 15) is 4.79 Å². The molecule has 0 aliphatic carbocycles. The highest BCUT2D eigenvalue weighted by molar-refractivity contribution is 5.93. The minimum absolute atomic E-state index is 0.0298. The van der Waals surface area contributed by atoms with Crippen molar-refractivity contribution in [2.45, 2.75) is 26.2 Å². The Morgan fingerprint density at radius 2 is 2.13 bits per heavy atom. The first-order chi connectivity index (χ1) is 11.3. The van der Waals surface area contributed by atoms with Gasteiger partial charge in [0.2, 0.25) is 11.9 Å². The van der Waals surface area contributed by atoms with Crippen LogP contribution in [-0.2, 0) is 11.2 Å². The average Bonchev–Trinajstić information content (AvgIpc) is 2.63. The van der Waals surface area contributed by atoms with Crippen molar-refractivity contribution >= 4 is 17.5 Å². The minimum atomic E-state index is -0.0298. The lowest BCUT2D eigenvalue weighted by atomic mass is 9.97. The van der Waals surface area contributed by atoms with Gasteiger partial charge in [-0.15, -0.1) is 0 Å². The molecule has 5 nitrogen and oxygen atoms in total. The van der Waals surface area contributed by atoms with Gasteiger partial charge in [0.1, 0.15) is 0 Å². The normalized spacial score (nSPS) is 17.8. The van der Waals surface area contributed by atoms with E-state index in [1.165, 1.54) is 5.56 Å². The molecule has 5 heteroatoms. The molecule has 0 spiro atoms. The first kappa shape index (κ1) is 15.5. The third-order valence-electron chi connectivity index (χ3n) is 4.23. The number of piperidine rings is 1. The number of rotatable bonds is 4. The molecule has 1 N–H and O–H groups in total. The summed E-state index contributed by atoms with van der Waals surface area (Å²) in [5, 5.41) is 3.05. The second-order valence-electron chi connectivity index (χ2n) is 5.88. The summed E-state index contributed by atoms with van der Waals surface area (Å²) < 4.78 is 0. The van der Waals surface area contributed by atoms with Gasteiger partial charge >= 0.3 is 0 Å². The van der Waals surface area contributed by atoms with E-state index in [4.69, 9.17) is 0 Å². The fraction of sp³-hybridized carbons (Fsp3) is 0.389. The lowest BCUT2D eigenvalue weighted by molar-refractivity contribution is -0.120. The maximum atomic E-state index is 12.6. The summed E-state index contributed by atoms with van der Waals surface area (Å²) in [5.41, 5.74) is 2.10. The van der Waals surface area contributed by atoms with Crippen LogP contribution in [0.4, 0.5) is 11.6 Å². The first-order valence-electron chi connectivity index (χ1n) is 8.18. The van der Waals surface area contributed by atoms with Crippen LogP contribution in [0.2, 0.25) is 0 Å². The zero-order valence-corrected chi connectivity index (χ0v) is 13.4. The van der Waals surface area contributed by atoms with E-state index in [1.807, 2.05) is 18.2 Å². The summed E-state index contributed by atoms with van der Waals surface area (Å²) in [6.45, 7) is 3.68. The number of carbonyl (C=O) groups excluding carboxylic acids is 1. The number of benzene rings is 1. The molecule has 1 aromatic heterocycles. The van der Waals surface area contributed by atoms with Crippen molar-refractivity contribution in [1.82, 2.24) is 9.97 Å². The number of amides is 1. The van der Waals surface area contributed by atoms with E-state index < -0.39 is 0 Å². The quantitative estimate of drug-likeness (QED) is 0.943. The van der Waals surface area contributed by atoms with Crippen molar-refractivity contribution in [2.24, 2.45) is 5.92 Å². The SMILES string of the molecule is CCc1cccc(NC(=O)C2CCCN(c3ncccn3)C2)c1. The zero-order valence-electron chi connectivity index (χ0n) is 13.4. The van der Waals surface area contributed by atoms with Crippen molar-refractivity contribution in [2.75, 3.05) is 23.3 Å². The van der Waals surface area contributed by atoms with Gasteiger partial charge in [-0.3, -0.25) is 4.79 Å². The maximum absolute atomic E-state index is 12.6. The zero-order chi connectivity index (χ0) is 16.1. The van der Waals surface area contributed by atoms with Gasteiger partial charge in [-0.1, -0.05) is 19.1 Å². The summed E-state index contributed by atoms with van der Waals surface area (Å²) in [4.78, 5) is 23.2. The van der Waals surface area contributed by atoms with Crippen LogP contribution < -0.4 is 10.2 Å². The van der Waals surface area contributed by atoms with E-state index in [0.29, 0.717) is 12.5 Å². The predicted molar refractivity (Wildman–Crippen MR) is 91.4 cm³/mol. The van der Waals surface area contributed by atoms with Gasteiger partial charge in [0.15, 0.2) is 0 Å². The number of anilines is 2. The number of aromatic nitrogens is 2. The van der Waals surface area contributed by atoms with Gasteiger partial charge in [0, 0.05) is 31.2 Å². The highest BCUT2D eigenvalue weighted by Crippen LogP contribution is 2.22. The van der Waals surface area contributed by atoms with Gasteiger partial charge in [0.25, 0.3) is 0 Å². The number of carbonyl (C=O) groups is 1. The third-order valence-corrected chi connectivity index (χ3v) is 4.23. The molecule has 1 aliphatic heterocycles. The van der Waals surface area contributed by atoms with Crippen LogP contribution in [0.25, 0.3) is 0 Å². The van der Waals surface area contributed by atoms with Crippen molar-refractivity contribution in [1.29, 1.82) is 0 Å². The number of nitrogens with zero attached hydrogens (tertiary/aromatic N) is 3. The summed E-state index contributed by atoms with van der Waals surface area (Å²) in [7, 11) is 0. The molecule has 1 saturated heterocycles. The lowest BCUT2D eigenvalue weighted by Crippen LogP contribution is -2.41. The number of nitrogens with one attached hydrogen (secondary N) is 1. The summed E-state index contributed by atoms with van der Waals surface area (Å²) >= 11 is 0. The van der Waals surface area contributed by atoms with E-state index in [-0.39, 0.29) is 11.8 Å². The molecule has 0 saturated carbocycles. The fourth-order valence-corrected chi connectivity index (χ4v) is 2.94. The largest absolute Gasteiger partial charge is 0.340 e. The van der Waals surface area contributed by atoms with Gasteiger partial charge in [-0.2, -0.15) is 0 Å². The minimum Gasteiger partial charge on any atom is -0.340 e. The Morgan fingerprint density at radius 1 is 1.30 bits per heavy atom. The molecular weight excluding hydrogens is 288 g/mol. The van der Waals surface area contributed by atoms with Gasteiger partial charge in [0.05, 0.1) is 5.92 Å². The Kier molecular flexibility index (Phi) is 4.86. The van der Waals surface area contributed by atoms with Crippen LogP contribution >= 0.6 is 0 Å². The van der Waals surface area contributed by atoms with Crippen LogP contribution in [0.15, 0.2) is 42.7 Å². The smallest absolute Gasteiger partial charge is 0.229 e. The van der Waals surface area contributed by atoms with Crippen LogP contribution in [0, 0.1) is 5.92 Å². The highest BCUT2D eigenvalue weighted by atomic mass is 16.1. The van der Waals surface area contributed by atoms with E-state index in [1.54, 1.807) is 18.5 Å². The number of hydrogen-bond donors (Lipinski definition) is 1. The topological polar surface area (TPSA) is 58.1 Å². The molecule has 1 amide bonds. The molecule has 120 valence electrons. The molecule has 3 rings (SSSR count). The van der Waals surface area contributed by atoms with Crippen LogP contribution in [0.5, 0.6) is 0 Å². The Labute approximate surface area is 136 Å². The average molecular weight is 310 g/mol. The molecule has 2 heterocycles. The Balaban J connectivity index is 1.65. The second-order valence-corrected chi connectivity index (χ2v) is 5.88. The van der Waals surface area contributed by atoms with Gasteiger partial charge < -0.3 is 10.2 Å². The molecule has 1 atom stereocenters. The van der Waals surface area contributed by atoms with Crippen molar-refractivity contribution in [3.05, 3.63) is 48.3 Å². The van der Waals surface area contributed by atoms with Crippen molar-refractivity contribution < 1.29 is 4.79 Å². The molecule has 1 fully saturated rings. The van der Waals surface area contributed by atoms with Crippen LogP contribution in [0.1, 0.15) is 25.3 Å².